The van der Waals surface area contributed by atoms with Crippen molar-refractivity contribution >= 4 is 35.2 Å². The van der Waals surface area contributed by atoms with Gasteiger partial charge in [0.2, 0.25) is 5.91 Å². The smallest absolute Gasteiger partial charge is 0.272 e. The van der Waals surface area contributed by atoms with Gasteiger partial charge in [-0.1, -0.05) is 30.0 Å². The first-order chi connectivity index (χ1) is 16.2. The van der Waals surface area contributed by atoms with Gasteiger partial charge in [-0.2, -0.15) is 0 Å². The molecule has 0 fully saturated rings. The third kappa shape index (κ3) is 4.67. The molecule has 1 aliphatic rings. The summed E-state index contributed by atoms with van der Waals surface area (Å²) in [6, 6.07) is 13.0. The highest BCUT2D eigenvalue weighted by Gasteiger charge is 2.23. The Bertz CT molecular complexity index is 1350. The number of nitrogens with one attached hydrogen (secondary N) is 1. The topological polar surface area (TPSA) is 103 Å². The van der Waals surface area contributed by atoms with E-state index in [4.69, 9.17) is 4.98 Å². The van der Waals surface area contributed by atoms with Gasteiger partial charge in [-0.05, 0) is 24.3 Å². The molecule has 0 radical (unpaired) electrons. The number of carbonyl (C=O) groups excluding carboxylic acids is 1. The van der Waals surface area contributed by atoms with Crippen LogP contribution in [-0.2, 0) is 11.2 Å². The van der Waals surface area contributed by atoms with E-state index in [1.165, 1.54) is 29.9 Å². The Morgan fingerprint density at radius 3 is 2.64 bits per heavy atom. The van der Waals surface area contributed by atoms with E-state index in [1.807, 2.05) is 36.4 Å². The van der Waals surface area contributed by atoms with E-state index in [9.17, 15) is 9.59 Å². The number of hydrogen-bond acceptors (Lipinski definition) is 8. The average molecular weight is 475 g/mol. The number of rotatable bonds is 6. The number of carbonyl (C=O) groups is 1. The summed E-state index contributed by atoms with van der Waals surface area (Å²) in [7, 11) is 0. The van der Waals surface area contributed by atoms with Gasteiger partial charge in [-0.15, -0.1) is 11.8 Å². The highest BCUT2D eigenvalue weighted by molar-refractivity contribution is 8.00. The number of aryl methyl sites for hydroxylation is 1. The first kappa shape index (κ1) is 21.4. The van der Waals surface area contributed by atoms with Crippen molar-refractivity contribution in [3.63, 3.8) is 0 Å². The predicted octanol–water partition coefficient (Wildman–Crippen LogP) is 3.46. The molecule has 1 aromatic carbocycles. The largest absolute Gasteiger partial charge is 0.310 e. The van der Waals surface area contributed by atoms with Crippen LogP contribution >= 0.6 is 23.5 Å². The zero-order valence-corrected chi connectivity index (χ0v) is 19.0. The first-order valence-corrected chi connectivity index (χ1v) is 12.1. The van der Waals surface area contributed by atoms with Gasteiger partial charge >= 0.3 is 0 Å². The van der Waals surface area contributed by atoms with Crippen LogP contribution in [0.4, 0.5) is 5.82 Å². The second-order valence-electron chi connectivity index (χ2n) is 7.14. The Balaban J connectivity index is 1.32. The van der Waals surface area contributed by atoms with E-state index < -0.39 is 0 Å². The molecule has 0 bridgehead atoms. The highest BCUT2D eigenvalue weighted by Crippen LogP contribution is 2.30. The third-order valence-corrected chi connectivity index (χ3v) is 6.98. The first-order valence-electron chi connectivity index (χ1n) is 10.2. The van der Waals surface area contributed by atoms with Crippen LogP contribution in [0, 0.1) is 0 Å². The molecule has 4 aromatic rings. The van der Waals surface area contributed by atoms with Crippen molar-refractivity contribution in [3.05, 3.63) is 83.4 Å². The van der Waals surface area contributed by atoms with E-state index in [1.54, 1.807) is 29.2 Å². The Labute approximate surface area is 197 Å². The summed E-state index contributed by atoms with van der Waals surface area (Å²) in [6.45, 7) is 0. The van der Waals surface area contributed by atoms with E-state index >= 15 is 0 Å². The number of nitrogens with zero attached hydrogens (tertiary/aromatic N) is 5. The monoisotopic (exact) mass is 474 g/mol. The highest BCUT2D eigenvalue weighted by atomic mass is 32.2. The molecule has 0 saturated heterocycles. The van der Waals surface area contributed by atoms with Gasteiger partial charge in [0, 0.05) is 41.9 Å². The van der Waals surface area contributed by atoms with E-state index in [-0.39, 0.29) is 17.2 Å². The number of thioether (sulfide) groups is 2. The molecule has 8 nitrogen and oxygen atoms in total. The van der Waals surface area contributed by atoms with Gasteiger partial charge in [0.25, 0.3) is 5.56 Å². The number of anilines is 1. The lowest BCUT2D eigenvalue weighted by Gasteiger charge is -2.13. The molecule has 0 saturated carbocycles. The molecule has 3 aromatic heterocycles. The fourth-order valence-electron chi connectivity index (χ4n) is 3.39. The van der Waals surface area contributed by atoms with Crippen LogP contribution in [0.5, 0.6) is 0 Å². The lowest BCUT2D eigenvalue weighted by atomic mass is 10.1. The minimum Gasteiger partial charge on any atom is -0.310 e. The minimum absolute atomic E-state index is 0.0845. The quantitative estimate of drug-likeness (QED) is 0.335. The maximum Gasteiger partial charge on any atom is 0.272 e. The fraction of sp³-hybridized carbons (Fsp3) is 0.130. The second-order valence-corrected chi connectivity index (χ2v) is 9.19. The van der Waals surface area contributed by atoms with Crippen LogP contribution < -0.4 is 10.9 Å². The molecule has 0 aliphatic carbocycles. The number of pyridine rings is 1. The molecule has 0 unspecified atom stereocenters. The summed E-state index contributed by atoms with van der Waals surface area (Å²) < 4.78 is 1.59. The Kier molecular flexibility index (Phi) is 6.18. The fourth-order valence-corrected chi connectivity index (χ4v) is 5.24. The number of hydrogen-bond donors (Lipinski definition) is 1. The Morgan fingerprint density at radius 1 is 1.06 bits per heavy atom. The summed E-state index contributed by atoms with van der Waals surface area (Å²) >= 11 is 2.77. The number of amides is 1. The van der Waals surface area contributed by atoms with Crippen molar-refractivity contribution in [1.29, 1.82) is 0 Å². The molecule has 33 heavy (non-hydrogen) atoms. The zero-order chi connectivity index (χ0) is 22.6. The van der Waals surface area contributed by atoms with Gasteiger partial charge in [-0.3, -0.25) is 14.2 Å². The molecule has 5 rings (SSSR count). The van der Waals surface area contributed by atoms with Gasteiger partial charge in [0.1, 0.15) is 12.1 Å². The summed E-state index contributed by atoms with van der Waals surface area (Å²) in [4.78, 5) is 43.4. The second kappa shape index (κ2) is 9.55. The van der Waals surface area contributed by atoms with Crippen LogP contribution in [0.1, 0.15) is 5.69 Å². The number of fused-ring (bicyclic) bond motifs is 1. The molecule has 1 amide bonds. The van der Waals surface area contributed by atoms with E-state index in [0.717, 1.165) is 34.7 Å². The number of para-hydroxylation sites is 1. The maximum atomic E-state index is 13.1. The van der Waals surface area contributed by atoms with E-state index in [2.05, 4.69) is 20.3 Å². The van der Waals surface area contributed by atoms with Crippen LogP contribution in [0.15, 0.2) is 82.2 Å². The lowest BCUT2D eigenvalue weighted by Crippen LogP contribution is -2.24. The van der Waals surface area contributed by atoms with Gasteiger partial charge < -0.3 is 5.32 Å². The number of aromatic nitrogens is 5. The molecule has 0 spiro atoms. The van der Waals surface area contributed by atoms with Crippen LogP contribution in [0.3, 0.4) is 0 Å². The summed E-state index contributed by atoms with van der Waals surface area (Å²) in [5, 5.41) is 3.30. The average Bonchev–Trinajstić information content (AvgIpc) is 3.33. The van der Waals surface area contributed by atoms with E-state index in [0.29, 0.717) is 15.9 Å². The Morgan fingerprint density at radius 2 is 1.88 bits per heavy atom. The molecular weight excluding hydrogens is 456 g/mol. The van der Waals surface area contributed by atoms with Crippen molar-refractivity contribution in [3.8, 4) is 16.8 Å². The third-order valence-electron chi connectivity index (χ3n) is 4.94. The van der Waals surface area contributed by atoms with Gasteiger partial charge in [-0.25, -0.2) is 19.9 Å². The molecule has 0 atom stereocenters. The number of benzene rings is 1. The molecule has 164 valence electrons. The summed E-state index contributed by atoms with van der Waals surface area (Å²) in [6.07, 6.45) is 7.29. The normalized spacial score (nSPS) is 12.4. The zero-order valence-electron chi connectivity index (χ0n) is 17.3. The van der Waals surface area contributed by atoms with Crippen molar-refractivity contribution < 1.29 is 4.79 Å². The van der Waals surface area contributed by atoms with Crippen LogP contribution in [0.2, 0.25) is 0 Å². The van der Waals surface area contributed by atoms with Crippen molar-refractivity contribution in [2.24, 2.45) is 0 Å². The standard InChI is InChI=1S/C23H18N6O2S2/c30-20(28-19-7-6-15(12-26-19)16-10-24-14-25-11-16)13-33-23-27-18-8-9-32-21(18)22(31)29(23)17-4-2-1-3-5-17/h1-7,10-12,14H,8-9,13H2,(H,26,28,30). The molecule has 1 N–H and O–H groups in total. The van der Waals surface area contributed by atoms with Crippen molar-refractivity contribution in [2.75, 3.05) is 16.8 Å². The molecular formula is C23H18N6O2S2. The SMILES string of the molecule is O=C(CSc1nc2c(c(=O)n1-c1ccccc1)SCC2)Nc1ccc(-c2cncnc2)cn1. The maximum absolute atomic E-state index is 13.1. The molecule has 10 heteroatoms. The lowest BCUT2D eigenvalue weighted by molar-refractivity contribution is -0.113. The summed E-state index contributed by atoms with van der Waals surface area (Å²) in [5.74, 6) is 1.16. The summed E-state index contributed by atoms with van der Waals surface area (Å²) in [5.41, 5.74) is 3.16. The predicted molar refractivity (Wildman–Crippen MR) is 129 cm³/mol. The van der Waals surface area contributed by atoms with Gasteiger partial charge in [0.05, 0.1) is 22.0 Å². The van der Waals surface area contributed by atoms with Crippen molar-refractivity contribution in [1.82, 2.24) is 24.5 Å². The van der Waals surface area contributed by atoms with Crippen LogP contribution in [-0.4, -0.2) is 41.9 Å². The van der Waals surface area contributed by atoms with Crippen LogP contribution in [0.25, 0.3) is 16.8 Å². The minimum atomic E-state index is -0.230. The molecule has 1 aliphatic heterocycles. The van der Waals surface area contributed by atoms with Gasteiger partial charge in [0.15, 0.2) is 5.16 Å². The van der Waals surface area contributed by atoms with Crippen molar-refractivity contribution in [2.45, 2.75) is 16.5 Å². The molecule has 4 heterocycles. The Hall–Kier alpha value is -3.50.